The second kappa shape index (κ2) is 9.16. The van der Waals surface area contributed by atoms with Crippen molar-refractivity contribution in [3.8, 4) is 10.4 Å². The Morgan fingerprint density at radius 1 is 1.15 bits per heavy atom. The molecular weight excluding hydrogens is 486 g/mol. The highest BCUT2D eigenvalue weighted by atomic mass is 32.2. The van der Waals surface area contributed by atoms with E-state index in [1.54, 1.807) is 23.1 Å². The minimum Gasteiger partial charge on any atom is -0.349 e. The van der Waals surface area contributed by atoms with Gasteiger partial charge < -0.3 is 10.2 Å². The number of hydrogen-bond donors (Lipinski definition) is 1. The van der Waals surface area contributed by atoms with Crippen LogP contribution in [-0.4, -0.2) is 55.3 Å². The van der Waals surface area contributed by atoms with Crippen LogP contribution >= 0.6 is 34.4 Å². The number of nitrogens with zero attached hydrogens (tertiary/aromatic N) is 4. The molecule has 1 atom stereocenters. The van der Waals surface area contributed by atoms with Crippen molar-refractivity contribution in [3.63, 3.8) is 0 Å². The fourth-order valence-electron chi connectivity index (χ4n) is 4.12. The standard InChI is InChI=1S/C24H25N5O2S3/c1-13-5-6-17(9-14(13)2)21-19(27-16(4)34-21)23(31)29-12-32-11-18(29)10-25-22(30)20-15(3)26-24-28(20)7-8-33-24/h5-9,18H,10-12H2,1-4H3,(H,25,30)/t18-/m1/s1. The van der Waals surface area contributed by atoms with Gasteiger partial charge in [0.1, 0.15) is 11.4 Å². The number of nitrogens with one attached hydrogen (secondary N) is 1. The zero-order valence-electron chi connectivity index (χ0n) is 19.4. The van der Waals surface area contributed by atoms with Crippen molar-refractivity contribution >= 4 is 51.2 Å². The van der Waals surface area contributed by atoms with Crippen LogP contribution in [0.3, 0.4) is 0 Å². The Kier molecular flexibility index (Phi) is 6.22. The predicted molar refractivity (Wildman–Crippen MR) is 139 cm³/mol. The number of aryl methyl sites for hydroxylation is 4. The molecule has 1 N–H and O–H groups in total. The highest BCUT2D eigenvalue weighted by Crippen LogP contribution is 2.34. The fourth-order valence-corrected chi connectivity index (χ4v) is 6.99. The largest absolute Gasteiger partial charge is 0.349 e. The summed E-state index contributed by atoms with van der Waals surface area (Å²) in [5.74, 6) is 1.10. The van der Waals surface area contributed by atoms with E-state index >= 15 is 0 Å². The number of thioether (sulfide) groups is 1. The maximum absolute atomic E-state index is 13.6. The number of fused-ring (bicyclic) bond motifs is 1. The molecule has 4 heterocycles. The number of aromatic nitrogens is 3. The summed E-state index contributed by atoms with van der Waals surface area (Å²) in [6.45, 7) is 8.32. The normalized spacial score (nSPS) is 15.9. The van der Waals surface area contributed by atoms with Crippen LogP contribution in [0.15, 0.2) is 29.8 Å². The Bertz CT molecular complexity index is 1400. The molecule has 1 fully saturated rings. The monoisotopic (exact) mass is 511 g/mol. The van der Waals surface area contributed by atoms with Gasteiger partial charge in [0.25, 0.3) is 11.8 Å². The third-order valence-electron chi connectivity index (χ3n) is 6.10. The molecule has 10 heteroatoms. The van der Waals surface area contributed by atoms with E-state index in [1.165, 1.54) is 22.5 Å². The van der Waals surface area contributed by atoms with Crippen molar-refractivity contribution in [1.29, 1.82) is 0 Å². The van der Waals surface area contributed by atoms with Crippen LogP contribution in [-0.2, 0) is 0 Å². The molecule has 176 valence electrons. The van der Waals surface area contributed by atoms with Crippen molar-refractivity contribution in [2.45, 2.75) is 33.7 Å². The molecular formula is C24H25N5O2S3. The SMILES string of the molecule is Cc1nc(C(=O)N2CSC[C@H]2CNC(=O)c2c(C)nc3sccn23)c(-c2ccc(C)c(C)c2)s1. The zero-order chi connectivity index (χ0) is 24.0. The molecule has 7 nitrogen and oxygen atoms in total. The molecule has 0 unspecified atom stereocenters. The Balaban J connectivity index is 1.35. The zero-order valence-corrected chi connectivity index (χ0v) is 21.9. The lowest BCUT2D eigenvalue weighted by Gasteiger charge is -2.24. The maximum Gasteiger partial charge on any atom is 0.275 e. The summed E-state index contributed by atoms with van der Waals surface area (Å²) in [4.78, 5) is 39.2. The third kappa shape index (κ3) is 4.14. The number of carbonyl (C=O) groups excluding carboxylic acids is 2. The van der Waals surface area contributed by atoms with Crippen LogP contribution in [0.5, 0.6) is 0 Å². The smallest absolute Gasteiger partial charge is 0.275 e. The summed E-state index contributed by atoms with van der Waals surface area (Å²) >= 11 is 4.74. The molecule has 4 aromatic rings. The van der Waals surface area contributed by atoms with Crippen molar-refractivity contribution in [2.75, 3.05) is 18.2 Å². The molecule has 3 aromatic heterocycles. The van der Waals surface area contributed by atoms with Crippen molar-refractivity contribution in [1.82, 2.24) is 24.6 Å². The topological polar surface area (TPSA) is 79.6 Å². The van der Waals surface area contributed by atoms with Crippen molar-refractivity contribution in [3.05, 3.63) is 63.0 Å². The van der Waals surface area contributed by atoms with Gasteiger partial charge in [0.2, 0.25) is 0 Å². The van der Waals surface area contributed by atoms with Crippen LogP contribution in [0.4, 0.5) is 0 Å². The number of thiazole rings is 2. The first-order valence-corrected chi connectivity index (χ1v) is 13.8. The van der Waals surface area contributed by atoms with Gasteiger partial charge in [-0.05, 0) is 44.4 Å². The molecule has 5 rings (SSSR count). The van der Waals surface area contributed by atoms with Gasteiger partial charge in [-0.3, -0.25) is 14.0 Å². The van der Waals surface area contributed by atoms with Gasteiger partial charge in [-0.1, -0.05) is 18.2 Å². The maximum atomic E-state index is 13.6. The summed E-state index contributed by atoms with van der Waals surface area (Å²) in [7, 11) is 0. The highest BCUT2D eigenvalue weighted by Gasteiger charge is 2.33. The van der Waals surface area contributed by atoms with Gasteiger partial charge in [0, 0.05) is 23.9 Å². The van der Waals surface area contributed by atoms with Crippen molar-refractivity contribution < 1.29 is 9.59 Å². The molecule has 0 bridgehead atoms. The minimum absolute atomic E-state index is 0.0809. The Morgan fingerprint density at radius 2 is 1.97 bits per heavy atom. The second-order valence-corrected chi connectivity index (χ2v) is 11.5. The molecule has 2 amide bonds. The minimum atomic E-state index is -0.173. The number of amides is 2. The average Bonchev–Trinajstić information content (AvgIpc) is 3.57. The lowest BCUT2D eigenvalue weighted by Crippen LogP contribution is -2.44. The number of rotatable bonds is 5. The summed E-state index contributed by atoms with van der Waals surface area (Å²) in [5.41, 5.74) is 5.17. The van der Waals surface area contributed by atoms with E-state index in [9.17, 15) is 9.59 Å². The first-order chi connectivity index (χ1) is 16.3. The highest BCUT2D eigenvalue weighted by molar-refractivity contribution is 7.99. The van der Waals surface area contributed by atoms with E-state index in [-0.39, 0.29) is 17.9 Å². The van der Waals surface area contributed by atoms with Gasteiger partial charge in [0.05, 0.1) is 27.5 Å². The summed E-state index contributed by atoms with van der Waals surface area (Å²) in [5, 5.41) is 5.81. The summed E-state index contributed by atoms with van der Waals surface area (Å²) in [6, 6.07) is 6.17. The van der Waals surface area contributed by atoms with Crippen LogP contribution < -0.4 is 5.32 Å². The van der Waals surface area contributed by atoms with Gasteiger partial charge in [-0.2, -0.15) is 0 Å². The Hall–Kier alpha value is -2.69. The lowest BCUT2D eigenvalue weighted by atomic mass is 10.0. The number of imidazole rings is 1. The number of carbonyl (C=O) groups is 2. The molecule has 0 radical (unpaired) electrons. The predicted octanol–water partition coefficient (Wildman–Crippen LogP) is 4.70. The first-order valence-electron chi connectivity index (χ1n) is 11.0. The van der Waals surface area contributed by atoms with E-state index in [0.717, 1.165) is 26.2 Å². The van der Waals surface area contributed by atoms with Crippen molar-refractivity contribution in [2.24, 2.45) is 0 Å². The molecule has 0 aliphatic carbocycles. The average molecular weight is 512 g/mol. The van der Waals surface area contributed by atoms with Gasteiger partial charge >= 0.3 is 0 Å². The van der Waals surface area contributed by atoms with E-state index in [0.29, 0.717) is 29.5 Å². The molecule has 0 spiro atoms. The molecule has 1 aliphatic heterocycles. The van der Waals surface area contributed by atoms with Gasteiger partial charge in [0.15, 0.2) is 4.96 Å². The van der Waals surface area contributed by atoms with E-state index in [4.69, 9.17) is 0 Å². The summed E-state index contributed by atoms with van der Waals surface area (Å²) < 4.78 is 1.82. The Labute approximate surface area is 210 Å². The molecule has 34 heavy (non-hydrogen) atoms. The van der Waals surface area contributed by atoms with Gasteiger partial charge in [-0.15, -0.1) is 34.4 Å². The van der Waals surface area contributed by atoms with E-state index in [2.05, 4.69) is 47.3 Å². The van der Waals surface area contributed by atoms with Crippen LogP contribution in [0, 0.1) is 27.7 Å². The molecule has 0 saturated carbocycles. The third-order valence-corrected chi connectivity index (χ3v) is 8.96. The van der Waals surface area contributed by atoms with Crippen LogP contribution in [0.25, 0.3) is 15.4 Å². The van der Waals surface area contributed by atoms with Gasteiger partial charge in [-0.25, -0.2) is 9.97 Å². The summed E-state index contributed by atoms with van der Waals surface area (Å²) in [6.07, 6.45) is 1.86. The van der Waals surface area contributed by atoms with Crippen LogP contribution in [0.1, 0.15) is 42.8 Å². The number of benzene rings is 1. The lowest BCUT2D eigenvalue weighted by molar-refractivity contribution is 0.0731. The molecule has 1 aliphatic rings. The van der Waals surface area contributed by atoms with E-state index < -0.39 is 0 Å². The second-order valence-electron chi connectivity index (χ2n) is 8.45. The quantitative estimate of drug-likeness (QED) is 0.420. The Morgan fingerprint density at radius 3 is 2.76 bits per heavy atom. The first kappa shape index (κ1) is 23.1. The molecule has 1 aromatic carbocycles. The molecule has 1 saturated heterocycles. The number of hydrogen-bond acceptors (Lipinski definition) is 7. The fraction of sp³-hybridized carbons (Fsp3) is 0.333. The van der Waals surface area contributed by atoms with Crippen LogP contribution in [0.2, 0.25) is 0 Å². The van der Waals surface area contributed by atoms with E-state index in [1.807, 2.05) is 34.7 Å².